The molecule has 0 radical (unpaired) electrons. The molecular formula is C10H11I2NO. The molecule has 2 rings (SSSR count). The zero-order valence-corrected chi connectivity index (χ0v) is 12.3. The normalized spacial score (nSPS) is 8.64. The molecule has 0 amide bonds. The van der Waals surface area contributed by atoms with Gasteiger partial charge in [0.1, 0.15) is 5.75 Å². The predicted octanol–water partition coefficient (Wildman–Crippen LogP) is 3.48. The van der Waals surface area contributed by atoms with Crippen LogP contribution in [-0.2, 0) is 0 Å². The predicted molar refractivity (Wildman–Crippen MR) is 79.1 cm³/mol. The Labute approximate surface area is 117 Å². The molecule has 1 aromatic heterocycles. The van der Waals surface area contributed by atoms with Crippen molar-refractivity contribution in [3.8, 4) is 5.75 Å². The SMILES string of the molecule is COc1ccnc2ccccc12.I.I. The second-order valence-electron chi connectivity index (χ2n) is 2.53. The molecule has 0 spiro atoms. The summed E-state index contributed by atoms with van der Waals surface area (Å²) in [4.78, 5) is 4.21. The molecule has 0 bridgehead atoms. The molecule has 2 nitrogen and oxygen atoms in total. The Morgan fingerprint density at radius 1 is 1.07 bits per heavy atom. The fourth-order valence-corrected chi connectivity index (χ4v) is 1.25. The van der Waals surface area contributed by atoms with Crippen molar-refractivity contribution in [3.05, 3.63) is 36.5 Å². The molecular weight excluding hydrogens is 404 g/mol. The van der Waals surface area contributed by atoms with E-state index in [9.17, 15) is 0 Å². The number of methoxy groups -OCH3 is 1. The van der Waals surface area contributed by atoms with Crippen LogP contribution >= 0.6 is 48.0 Å². The van der Waals surface area contributed by atoms with Gasteiger partial charge in [-0.15, -0.1) is 48.0 Å². The molecule has 0 aliphatic carbocycles. The van der Waals surface area contributed by atoms with E-state index in [2.05, 4.69) is 4.98 Å². The maximum atomic E-state index is 5.19. The van der Waals surface area contributed by atoms with Crippen LogP contribution in [0.5, 0.6) is 5.75 Å². The van der Waals surface area contributed by atoms with Gasteiger partial charge >= 0.3 is 0 Å². The van der Waals surface area contributed by atoms with E-state index in [0.717, 1.165) is 16.7 Å². The Kier molecular flexibility index (Phi) is 6.34. The Morgan fingerprint density at radius 3 is 2.50 bits per heavy atom. The van der Waals surface area contributed by atoms with Crippen LogP contribution in [0.3, 0.4) is 0 Å². The lowest BCUT2D eigenvalue weighted by Gasteiger charge is -2.02. The second-order valence-corrected chi connectivity index (χ2v) is 2.53. The number of halogens is 2. The summed E-state index contributed by atoms with van der Waals surface area (Å²) in [5.74, 6) is 0.876. The van der Waals surface area contributed by atoms with E-state index in [1.165, 1.54) is 0 Å². The average molecular weight is 415 g/mol. The van der Waals surface area contributed by atoms with E-state index in [1.807, 2.05) is 30.3 Å². The van der Waals surface area contributed by atoms with Crippen LogP contribution in [-0.4, -0.2) is 12.1 Å². The minimum absolute atomic E-state index is 0. The third-order valence-corrected chi connectivity index (χ3v) is 1.83. The number of hydrogen-bond acceptors (Lipinski definition) is 2. The summed E-state index contributed by atoms with van der Waals surface area (Å²) in [6.45, 7) is 0. The summed E-state index contributed by atoms with van der Waals surface area (Å²) >= 11 is 0. The number of nitrogens with zero attached hydrogens (tertiary/aromatic N) is 1. The third kappa shape index (κ3) is 2.69. The molecule has 14 heavy (non-hydrogen) atoms. The molecule has 76 valence electrons. The summed E-state index contributed by atoms with van der Waals surface area (Å²) in [6.07, 6.45) is 1.75. The molecule has 0 saturated heterocycles. The van der Waals surface area contributed by atoms with Crippen molar-refractivity contribution in [2.45, 2.75) is 0 Å². The van der Waals surface area contributed by atoms with E-state index in [0.29, 0.717) is 0 Å². The van der Waals surface area contributed by atoms with Gasteiger partial charge in [0, 0.05) is 11.6 Å². The van der Waals surface area contributed by atoms with E-state index < -0.39 is 0 Å². The van der Waals surface area contributed by atoms with Crippen molar-refractivity contribution in [2.75, 3.05) is 7.11 Å². The molecule has 0 aliphatic rings. The number of benzene rings is 1. The van der Waals surface area contributed by atoms with Gasteiger partial charge in [0.15, 0.2) is 0 Å². The maximum absolute atomic E-state index is 5.19. The number of aromatic nitrogens is 1. The number of para-hydroxylation sites is 1. The first kappa shape index (κ1) is 13.9. The van der Waals surface area contributed by atoms with Crippen LogP contribution in [0.4, 0.5) is 0 Å². The molecule has 2 aromatic rings. The molecule has 4 heteroatoms. The van der Waals surface area contributed by atoms with Gasteiger partial charge in [-0.2, -0.15) is 0 Å². The highest BCUT2D eigenvalue weighted by molar-refractivity contribution is 14.0. The number of hydrogen-bond donors (Lipinski definition) is 0. The summed E-state index contributed by atoms with van der Waals surface area (Å²) in [7, 11) is 1.67. The quantitative estimate of drug-likeness (QED) is 0.666. The van der Waals surface area contributed by atoms with Crippen molar-refractivity contribution >= 4 is 58.9 Å². The number of rotatable bonds is 1. The van der Waals surface area contributed by atoms with Gasteiger partial charge in [0.25, 0.3) is 0 Å². The highest BCUT2D eigenvalue weighted by Gasteiger charge is 1.98. The van der Waals surface area contributed by atoms with Gasteiger partial charge in [-0.1, -0.05) is 12.1 Å². The Hall–Kier alpha value is -0.110. The summed E-state index contributed by atoms with van der Waals surface area (Å²) in [5.41, 5.74) is 0.969. The van der Waals surface area contributed by atoms with Crippen LogP contribution in [0.1, 0.15) is 0 Å². The number of fused-ring (bicyclic) bond motifs is 1. The van der Waals surface area contributed by atoms with Gasteiger partial charge in [0.2, 0.25) is 0 Å². The second kappa shape index (κ2) is 6.39. The Morgan fingerprint density at radius 2 is 1.79 bits per heavy atom. The van der Waals surface area contributed by atoms with Crippen molar-refractivity contribution in [1.29, 1.82) is 0 Å². The molecule has 1 heterocycles. The lowest BCUT2D eigenvalue weighted by Crippen LogP contribution is -1.85. The fourth-order valence-electron chi connectivity index (χ4n) is 1.25. The first-order chi connectivity index (χ1) is 5.92. The minimum atomic E-state index is 0. The van der Waals surface area contributed by atoms with Gasteiger partial charge in [-0.25, -0.2) is 0 Å². The largest absolute Gasteiger partial charge is 0.496 e. The molecule has 1 aromatic carbocycles. The highest BCUT2D eigenvalue weighted by Crippen LogP contribution is 2.22. The van der Waals surface area contributed by atoms with Crippen LogP contribution in [0.2, 0.25) is 0 Å². The zero-order chi connectivity index (χ0) is 8.39. The van der Waals surface area contributed by atoms with Crippen molar-refractivity contribution in [2.24, 2.45) is 0 Å². The van der Waals surface area contributed by atoms with Gasteiger partial charge in [0.05, 0.1) is 12.6 Å². The lowest BCUT2D eigenvalue weighted by molar-refractivity contribution is 0.419. The molecule has 0 N–H and O–H groups in total. The lowest BCUT2D eigenvalue weighted by atomic mass is 10.2. The van der Waals surface area contributed by atoms with Gasteiger partial charge < -0.3 is 4.74 Å². The first-order valence-corrected chi connectivity index (χ1v) is 3.79. The average Bonchev–Trinajstić information content (AvgIpc) is 2.17. The summed E-state index contributed by atoms with van der Waals surface area (Å²) in [6, 6.07) is 9.78. The summed E-state index contributed by atoms with van der Waals surface area (Å²) in [5, 5.41) is 1.06. The number of ether oxygens (including phenoxy) is 1. The molecule has 0 unspecified atom stereocenters. The highest BCUT2D eigenvalue weighted by atomic mass is 127. The van der Waals surface area contributed by atoms with Crippen LogP contribution in [0, 0.1) is 0 Å². The van der Waals surface area contributed by atoms with E-state index in [-0.39, 0.29) is 48.0 Å². The first-order valence-electron chi connectivity index (χ1n) is 3.79. The monoisotopic (exact) mass is 415 g/mol. The maximum Gasteiger partial charge on any atom is 0.129 e. The van der Waals surface area contributed by atoms with Crippen molar-refractivity contribution in [1.82, 2.24) is 4.98 Å². The Balaban J connectivity index is 0.000000845. The third-order valence-electron chi connectivity index (χ3n) is 1.83. The smallest absolute Gasteiger partial charge is 0.129 e. The molecule has 0 saturated carbocycles. The van der Waals surface area contributed by atoms with E-state index in [1.54, 1.807) is 13.3 Å². The van der Waals surface area contributed by atoms with Crippen LogP contribution in [0.25, 0.3) is 10.9 Å². The number of pyridine rings is 1. The molecule has 0 aliphatic heterocycles. The van der Waals surface area contributed by atoms with Crippen LogP contribution in [0.15, 0.2) is 36.5 Å². The van der Waals surface area contributed by atoms with Crippen molar-refractivity contribution < 1.29 is 4.74 Å². The molecule has 0 atom stereocenters. The van der Waals surface area contributed by atoms with Gasteiger partial charge in [-0.05, 0) is 18.2 Å². The standard InChI is InChI=1S/C10H9NO.2HI/c1-12-10-6-7-11-9-5-3-2-4-8(9)10;;/h2-7H,1H3;2*1H. The molecule has 0 fully saturated rings. The van der Waals surface area contributed by atoms with E-state index >= 15 is 0 Å². The van der Waals surface area contributed by atoms with Crippen LogP contribution < -0.4 is 4.74 Å². The topological polar surface area (TPSA) is 22.1 Å². The van der Waals surface area contributed by atoms with Gasteiger partial charge in [-0.3, -0.25) is 4.98 Å². The zero-order valence-electron chi connectivity index (χ0n) is 7.64. The minimum Gasteiger partial charge on any atom is -0.496 e. The van der Waals surface area contributed by atoms with E-state index in [4.69, 9.17) is 4.74 Å². The summed E-state index contributed by atoms with van der Waals surface area (Å²) < 4.78 is 5.19. The fraction of sp³-hybridized carbons (Fsp3) is 0.100. The van der Waals surface area contributed by atoms with Crippen molar-refractivity contribution in [3.63, 3.8) is 0 Å². The Bertz CT molecular complexity index is 401.